The van der Waals surface area contributed by atoms with E-state index in [2.05, 4.69) is 5.32 Å². The Labute approximate surface area is 213 Å². The molecule has 0 atom stereocenters. The molecule has 0 aromatic heterocycles. The second-order valence-electron chi connectivity index (χ2n) is 7.48. The standard InChI is InChI=1S/C25H25FN2O8S/c1-28(37(31,32)21-11-4-17(26)5-12-21)18-6-8-19(9-7-18)35-16-25(30)36-15-24(29)27-22-13-10-20(33-2)14-23(22)34-3/h4-14H,15-16H2,1-3H3,(H,27,29). The molecule has 0 aliphatic carbocycles. The first-order valence-corrected chi connectivity index (χ1v) is 12.2. The predicted octanol–water partition coefficient (Wildman–Crippen LogP) is 3.23. The molecule has 0 saturated carbocycles. The van der Waals surface area contributed by atoms with Crippen molar-refractivity contribution in [2.45, 2.75) is 4.90 Å². The van der Waals surface area contributed by atoms with E-state index in [1.165, 1.54) is 57.7 Å². The van der Waals surface area contributed by atoms with Crippen LogP contribution in [0.4, 0.5) is 15.8 Å². The average Bonchev–Trinajstić information content (AvgIpc) is 2.91. The summed E-state index contributed by atoms with van der Waals surface area (Å²) in [6, 6.07) is 15.2. The lowest BCUT2D eigenvalue weighted by Gasteiger charge is -2.19. The highest BCUT2D eigenvalue weighted by Crippen LogP contribution is 2.29. The summed E-state index contributed by atoms with van der Waals surface area (Å²) in [6.45, 7) is -1.01. The molecule has 3 rings (SSSR count). The number of nitrogens with zero attached hydrogens (tertiary/aromatic N) is 1. The van der Waals surface area contributed by atoms with Gasteiger partial charge in [0.1, 0.15) is 23.1 Å². The van der Waals surface area contributed by atoms with Gasteiger partial charge in [-0.25, -0.2) is 17.6 Å². The van der Waals surface area contributed by atoms with Crippen LogP contribution in [0.5, 0.6) is 17.2 Å². The topological polar surface area (TPSA) is 120 Å². The second kappa shape index (κ2) is 12.1. The van der Waals surface area contributed by atoms with Gasteiger partial charge in [0.15, 0.2) is 13.2 Å². The fraction of sp³-hybridized carbons (Fsp3) is 0.200. The van der Waals surface area contributed by atoms with E-state index in [0.717, 1.165) is 16.4 Å². The number of benzene rings is 3. The third-order valence-corrected chi connectivity index (χ3v) is 6.88. The molecule has 3 aromatic carbocycles. The fourth-order valence-corrected chi connectivity index (χ4v) is 4.27. The Morgan fingerprint density at radius 2 is 1.54 bits per heavy atom. The van der Waals surface area contributed by atoms with Crippen LogP contribution in [0.15, 0.2) is 71.6 Å². The first-order valence-electron chi connectivity index (χ1n) is 10.8. The van der Waals surface area contributed by atoms with Gasteiger partial charge in [0.05, 0.1) is 30.5 Å². The van der Waals surface area contributed by atoms with Crippen molar-refractivity contribution in [1.29, 1.82) is 0 Å². The molecule has 0 heterocycles. The zero-order valence-electron chi connectivity index (χ0n) is 20.3. The number of halogens is 1. The van der Waals surface area contributed by atoms with E-state index in [4.69, 9.17) is 18.9 Å². The van der Waals surface area contributed by atoms with Gasteiger partial charge in [0.2, 0.25) is 0 Å². The normalized spacial score (nSPS) is 10.8. The van der Waals surface area contributed by atoms with Crippen LogP contribution in [0.25, 0.3) is 0 Å². The van der Waals surface area contributed by atoms with Crippen LogP contribution in [0, 0.1) is 5.82 Å². The first-order chi connectivity index (χ1) is 17.6. The summed E-state index contributed by atoms with van der Waals surface area (Å²) in [6.07, 6.45) is 0. The molecule has 0 radical (unpaired) electrons. The van der Waals surface area contributed by atoms with Gasteiger partial charge >= 0.3 is 5.97 Å². The van der Waals surface area contributed by atoms with Crippen LogP contribution in [-0.4, -0.2) is 54.8 Å². The smallest absolute Gasteiger partial charge is 0.344 e. The summed E-state index contributed by atoms with van der Waals surface area (Å²) < 4.78 is 60.2. The molecule has 0 fully saturated rings. The molecule has 0 bridgehead atoms. The minimum absolute atomic E-state index is 0.0612. The van der Waals surface area contributed by atoms with Gasteiger partial charge in [-0.15, -0.1) is 0 Å². The van der Waals surface area contributed by atoms with Crippen LogP contribution < -0.4 is 23.8 Å². The number of methoxy groups -OCH3 is 2. The highest BCUT2D eigenvalue weighted by Gasteiger charge is 2.21. The lowest BCUT2D eigenvalue weighted by Crippen LogP contribution is -2.26. The zero-order valence-corrected chi connectivity index (χ0v) is 21.1. The van der Waals surface area contributed by atoms with Crippen LogP contribution in [0.2, 0.25) is 0 Å². The maximum atomic E-state index is 13.1. The molecular formula is C25H25FN2O8S. The van der Waals surface area contributed by atoms with E-state index < -0.39 is 40.9 Å². The molecule has 0 saturated heterocycles. The van der Waals surface area contributed by atoms with Gasteiger partial charge in [-0.3, -0.25) is 9.10 Å². The number of esters is 1. The third-order valence-electron chi connectivity index (χ3n) is 5.08. The molecular weight excluding hydrogens is 507 g/mol. The Hall–Kier alpha value is -4.32. The number of sulfonamides is 1. The molecule has 196 valence electrons. The Balaban J connectivity index is 1.49. The Bertz CT molecular complexity index is 1350. The molecule has 0 aliphatic heterocycles. The monoisotopic (exact) mass is 532 g/mol. The first kappa shape index (κ1) is 27.3. The second-order valence-corrected chi connectivity index (χ2v) is 9.45. The third kappa shape index (κ3) is 7.10. The summed E-state index contributed by atoms with van der Waals surface area (Å²) in [5.41, 5.74) is 0.706. The number of hydrogen-bond donors (Lipinski definition) is 1. The van der Waals surface area contributed by atoms with Gasteiger partial charge in [-0.2, -0.15) is 0 Å². The minimum atomic E-state index is -3.89. The van der Waals surface area contributed by atoms with Crippen molar-refractivity contribution in [3.8, 4) is 17.2 Å². The Morgan fingerprint density at radius 3 is 2.16 bits per heavy atom. The number of hydrogen-bond acceptors (Lipinski definition) is 8. The Morgan fingerprint density at radius 1 is 0.892 bits per heavy atom. The van der Waals surface area contributed by atoms with Crippen LogP contribution in [0.1, 0.15) is 0 Å². The number of ether oxygens (including phenoxy) is 4. The molecule has 0 aliphatic rings. The van der Waals surface area contributed by atoms with E-state index >= 15 is 0 Å². The summed E-state index contributed by atoms with van der Waals surface area (Å²) >= 11 is 0. The summed E-state index contributed by atoms with van der Waals surface area (Å²) in [5.74, 6) is -0.696. The van der Waals surface area contributed by atoms with Gasteiger partial charge in [-0.05, 0) is 60.7 Å². The molecule has 1 N–H and O–H groups in total. The van der Waals surface area contributed by atoms with Crippen LogP contribution >= 0.6 is 0 Å². The Kier molecular flexibility index (Phi) is 8.90. The molecule has 10 nitrogen and oxygen atoms in total. The molecule has 12 heteroatoms. The predicted molar refractivity (Wildman–Crippen MR) is 133 cm³/mol. The van der Waals surface area contributed by atoms with Crippen molar-refractivity contribution in [3.63, 3.8) is 0 Å². The van der Waals surface area contributed by atoms with Gasteiger partial charge in [0, 0.05) is 13.1 Å². The zero-order chi connectivity index (χ0) is 27.0. The number of nitrogens with one attached hydrogen (secondary N) is 1. The highest BCUT2D eigenvalue weighted by molar-refractivity contribution is 7.92. The van der Waals surface area contributed by atoms with Crippen molar-refractivity contribution in [3.05, 3.63) is 72.5 Å². The van der Waals surface area contributed by atoms with E-state index in [1.807, 2.05) is 0 Å². The minimum Gasteiger partial charge on any atom is -0.497 e. The lowest BCUT2D eigenvalue weighted by atomic mass is 10.2. The van der Waals surface area contributed by atoms with Gasteiger partial charge in [-0.1, -0.05) is 0 Å². The van der Waals surface area contributed by atoms with E-state index in [0.29, 0.717) is 22.9 Å². The quantitative estimate of drug-likeness (QED) is 0.374. The van der Waals surface area contributed by atoms with Crippen molar-refractivity contribution in [2.24, 2.45) is 0 Å². The number of amides is 1. The van der Waals surface area contributed by atoms with Gasteiger partial charge < -0.3 is 24.3 Å². The molecule has 3 aromatic rings. The summed E-state index contributed by atoms with van der Waals surface area (Å²) in [4.78, 5) is 24.1. The number of carbonyl (C=O) groups excluding carboxylic acids is 2. The van der Waals surface area contributed by atoms with E-state index in [1.54, 1.807) is 18.2 Å². The lowest BCUT2D eigenvalue weighted by molar-refractivity contribution is -0.149. The fourth-order valence-electron chi connectivity index (χ4n) is 3.07. The molecule has 1 amide bonds. The highest BCUT2D eigenvalue weighted by atomic mass is 32.2. The maximum Gasteiger partial charge on any atom is 0.344 e. The maximum absolute atomic E-state index is 13.1. The number of anilines is 2. The van der Waals surface area contributed by atoms with E-state index in [-0.39, 0.29) is 10.6 Å². The average molecular weight is 533 g/mol. The van der Waals surface area contributed by atoms with Crippen molar-refractivity contribution in [2.75, 3.05) is 44.1 Å². The van der Waals surface area contributed by atoms with Crippen molar-refractivity contribution in [1.82, 2.24) is 0 Å². The number of carbonyl (C=O) groups is 2. The van der Waals surface area contributed by atoms with Gasteiger partial charge in [0.25, 0.3) is 15.9 Å². The van der Waals surface area contributed by atoms with Crippen molar-refractivity contribution >= 4 is 33.3 Å². The van der Waals surface area contributed by atoms with Crippen LogP contribution in [0.3, 0.4) is 0 Å². The molecule has 0 spiro atoms. The van der Waals surface area contributed by atoms with Crippen LogP contribution in [-0.2, 0) is 24.3 Å². The molecule has 0 unspecified atom stereocenters. The largest absolute Gasteiger partial charge is 0.497 e. The van der Waals surface area contributed by atoms with E-state index in [9.17, 15) is 22.4 Å². The summed E-state index contributed by atoms with van der Waals surface area (Å²) in [5, 5.41) is 2.58. The summed E-state index contributed by atoms with van der Waals surface area (Å²) in [7, 11) is 0.409. The van der Waals surface area contributed by atoms with Crippen molar-refractivity contribution < 1.29 is 41.3 Å². The number of rotatable bonds is 11. The SMILES string of the molecule is COc1ccc(NC(=O)COC(=O)COc2ccc(N(C)S(=O)(=O)c3ccc(F)cc3)cc2)c(OC)c1. The molecule has 37 heavy (non-hydrogen) atoms.